The van der Waals surface area contributed by atoms with Crippen molar-refractivity contribution in [3.8, 4) is 5.69 Å². The second-order valence-corrected chi connectivity index (χ2v) is 8.82. The summed E-state index contributed by atoms with van der Waals surface area (Å²) in [5.74, 6) is -0.270. The van der Waals surface area contributed by atoms with Crippen LogP contribution < -0.4 is 0 Å². The summed E-state index contributed by atoms with van der Waals surface area (Å²) in [6.45, 7) is 4.22. The van der Waals surface area contributed by atoms with Gasteiger partial charge < -0.3 is 4.57 Å². The highest BCUT2D eigenvalue weighted by Gasteiger charge is 2.35. The normalized spacial score (nSPS) is 15.5. The topological polar surface area (TPSA) is 42.3 Å². The van der Waals surface area contributed by atoms with E-state index in [1.54, 1.807) is 18.2 Å². The Labute approximate surface area is 189 Å². The van der Waals surface area contributed by atoms with Crippen LogP contribution in [0.15, 0.2) is 59.5 Å². The highest BCUT2D eigenvalue weighted by atomic mass is 35.5. The molecule has 30 heavy (non-hydrogen) atoms. The molecule has 2 aromatic carbocycles. The number of benzene rings is 2. The van der Waals surface area contributed by atoms with Crippen molar-refractivity contribution in [3.05, 3.63) is 92.1 Å². The van der Waals surface area contributed by atoms with E-state index >= 15 is 0 Å². The number of imide groups is 1. The third-order valence-corrected chi connectivity index (χ3v) is 6.62. The molecule has 4 rings (SSSR count). The average molecular weight is 457 g/mol. The van der Waals surface area contributed by atoms with Crippen molar-refractivity contribution in [2.24, 2.45) is 0 Å². The van der Waals surface area contributed by atoms with Crippen LogP contribution in [0.3, 0.4) is 0 Å². The van der Waals surface area contributed by atoms with Gasteiger partial charge in [0.1, 0.15) is 0 Å². The summed E-state index contributed by atoms with van der Waals surface area (Å²) in [6.07, 6.45) is 1.78. The minimum atomic E-state index is -0.270. The Morgan fingerprint density at radius 1 is 0.967 bits per heavy atom. The van der Waals surface area contributed by atoms with Crippen LogP contribution in [-0.2, 0) is 11.3 Å². The largest absolute Gasteiger partial charge is 0.318 e. The number of halogens is 2. The zero-order valence-corrected chi connectivity index (χ0v) is 18.7. The van der Waals surface area contributed by atoms with E-state index in [4.69, 9.17) is 23.2 Å². The number of aryl methyl sites for hydroxylation is 1. The number of hydrogen-bond acceptors (Lipinski definition) is 3. The highest BCUT2D eigenvalue weighted by molar-refractivity contribution is 8.18. The van der Waals surface area contributed by atoms with E-state index in [0.717, 1.165) is 40.0 Å². The van der Waals surface area contributed by atoms with Crippen LogP contribution in [0.5, 0.6) is 0 Å². The number of rotatable bonds is 4. The number of carbonyl (C=O) groups excluding carboxylic acids is 2. The Kier molecular flexibility index (Phi) is 5.78. The van der Waals surface area contributed by atoms with E-state index in [0.29, 0.717) is 15.0 Å². The van der Waals surface area contributed by atoms with Gasteiger partial charge in [-0.15, -0.1) is 0 Å². The molecular formula is C23H18Cl2N2O2S. The molecule has 1 saturated heterocycles. The lowest BCUT2D eigenvalue weighted by atomic mass is 10.2. The van der Waals surface area contributed by atoms with Gasteiger partial charge in [0.2, 0.25) is 0 Å². The fourth-order valence-corrected chi connectivity index (χ4v) is 4.62. The summed E-state index contributed by atoms with van der Waals surface area (Å²) in [5, 5.41) is 0.717. The van der Waals surface area contributed by atoms with Crippen LogP contribution >= 0.6 is 35.0 Å². The molecule has 2 amide bonds. The lowest BCUT2D eigenvalue weighted by Crippen LogP contribution is -2.27. The maximum absolute atomic E-state index is 12.9. The summed E-state index contributed by atoms with van der Waals surface area (Å²) in [4.78, 5) is 27.0. The lowest BCUT2D eigenvalue weighted by molar-refractivity contribution is -0.123. The van der Waals surface area contributed by atoms with Gasteiger partial charge in [0, 0.05) is 17.1 Å². The maximum Gasteiger partial charge on any atom is 0.293 e. The van der Waals surface area contributed by atoms with Crippen LogP contribution in [0.2, 0.25) is 10.0 Å². The SMILES string of the molecule is Cc1cc(/C=C2\SC(=O)N(Cc3ccccc3)C2=O)c(C)n1-c1ccc(Cl)c(Cl)c1. The second-order valence-electron chi connectivity index (χ2n) is 7.01. The van der Waals surface area contributed by atoms with Crippen LogP contribution in [0.1, 0.15) is 22.5 Å². The Balaban J connectivity index is 1.64. The van der Waals surface area contributed by atoms with E-state index in [1.807, 2.05) is 60.9 Å². The van der Waals surface area contributed by atoms with Gasteiger partial charge in [-0.05, 0) is 67.1 Å². The first-order valence-corrected chi connectivity index (χ1v) is 10.9. The van der Waals surface area contributed by atoms with Crippen LogP contribution in [-0.4, -0.2) is 20.6 Å². The van der Waals surface area contributed by atoms with Crippen molar-refractivity contribution in [3.63, 3.8) is 0 Å². The standard InChI is InChI=1S/C23H18Cl2N2O2S/c1-14-10-17(15(2)27(14)18-8-9-19(24)20(25)12-18)11-21-22(28)26(23(29)30-21)13-16-6-4-3-5-7-16/h3-12H,13H2,1-2H3/b21-11-. The molecule has 0 saturated carbocycles. The molecule has 0 N–H and O–H groups in total. The number of nitrogens with zero attached hydrogens (tertiary/aromatic N) is 2. The predicted molar refractivity (Wildman–Crippen MR) is 123 cm³/mol. The monoisotopic (exact) mass is 456 g/mol. The number of thioether (sulfide) groups is 1. The first-order valence-electron chi connectivity index (χ1n) is 9.29. The first-order chi connectivity index (χ1) is 14.3. The fraction of sp³-hybridized carbons (Fsp3) is 0.130. The maximum atomic E-state index is 12.9. The van der Waals surface area contributed by atoms with E-state index < -0.39 is 0 Å². The third-order valence-electron chi connectivity index (χ3n) is 4.98. The van der Waals surface area contributed by atoms with Crippen LogP contribution in [0, 0.1) is 13.8 Å². The molecule has 0 aliphatic carbocycles. The fourth-order valence-electron chi connectivity index (χ4n) is 3.50. The predicted octanol–water partition coefficient (Wildman–Crippen LogP) is 6.64. The molecule has 3 aromatic rings. The molecule has 0 bridgehead atoms. The number of carbonyl (C=O) groups is 2. The highest BCUT2D eigenvalue weighted by Crippen LogP contribution is 2.35. The molecule has 0 unspecified atom stereocenters. The van der Waals surface area contributed by atoms with Gasteiger partial charge in [-0.2, -0.15) is 0 Å². The Morgan fingerprint density at radius 2 is 1.70 bits per heavy atom. The Morgan fingerprint density at radius 3 is 2.40 bits per heavy atom. The molecular weight excluding hydrogens is 439 g/mol. The summed E-state index contributed by atoms with van der Waals surface area (Å²) in [6, 6.07) is 16.9. The van der Waals surface area contributed by atoms with Gasteiger partial charge in [0.15, 0.2) is 0 Å². The lowest BCUT2D eigenvalue weighted by Gasteiger charge is -2.12. The Hall–Kier alpha value is -2.47. The van der Waals surface area contributed by atoms with Gasteiger partial charge in [0.25, 0.3) is 11.1 Å². The zero-order valence-electron chi connectivity index (χ0n) is 16.4. The first kappa shape index (κ1) is 20.8. The molecule has 7 heteroatoms. The van der Waals surface area contributed by atoms with E-state index in [9.17, 15) is 9.59 Å². The van der Waals surface area contributed by atoms with Crippen LogP contribution in [0.25, 0.3) is 11.8 Å². The van der Waals surface area contributed by atoms with Gasteiger partial charge in [-0.1, -0.05) is 53.5 Å². The van der Waals surface area contributed by atoms with E-state index in [1.165, 1.54) is 4.90 Å². The molecule has 1 fully saturated rings. The van der Waals surface area contributed by atoms with Crippen molar-refractivity contribution in [1.82, 2.24) is 9.47 Å². The molecule has 152 valence electrons. The van der Waals surface area contributed by atoms with Crippen molar-refractivity contribution in [2.75, 3.05) is 0 Å². The summed E-state index contributed by atoms with van der Waals surface area (Å²) < 4.78 is 2.04. The minimum absolute atomic E-state index is 0.256. The smallest absolute Gasteiger partial charge is 0.293 e. The molecule has 1 aliphatic rings. The van der Waals surface area contributed by atoms with Gasteiger partial charge in [-0.3, -0.25) is 14.5 Å². The van der Waals surface area contributed by atoms with Gasteiger partial charge in [-0.25, -0.2) is 0 Å². The van der Waals surface area contributed by atoms with Crippen molar-refractivity contribution >= 4 is 52.2 Å². The van der Waals surface area contributed by atoms with Gasteiger partial charge in [0.05, 0.1) is 21.5 Å². The zero-order chi connectivity index (χ0) is 21.4. The number of amides is 2. The number of hydrogen-bond donors (Lipinski definition) is 0. The Bertz CT molecular complexity index is 1190. The molecule has 1 aromatic heterocycles. The van der Waals surface area contributed by atoms with Crippen LogP contribution in [0.4, 0.5) is 4.79 Å². The third kappa shape index (κ3) is 3.93. The van der Waals surface area contributed by atoms with Crippen molar-refractivity contribution < 1.29 is 9.59 Å². The quantitative estimate of drug-likeness (QED) is 0.413. The second kappa shape index (κ2) is 8.34. The molecule has 1 aliphatic heterocycles. The van der Waals surface area contributed by atoms with Gasteiger partial charge >= 0.3 is 0 Å². The van der Waals surface area contributed by atoms with Crippen molar-refractivity contribution in [1.29, 1.82) is 0 Å². The van der Waals surface area contributed by atoms with Crippen molar-refractivity contribution in [2.45, 2.75) is 20.4 Å². The average Bonchev–Trinajstić information content (AvgIpc) is 3.15. The molecule has 2 heterocycles. The summed E-state index contributed by atoms with van der Waals surface area (Å²) >= 11 is 13.2. The molecule has 0 spiro atoms. The summed E-state index contributed by atoms with van der Waals surface area (Å²) in [5.41, 5.74) is 4.61. The van der Waals surface area contributed by atoms with E-state index in [2.05, 4.69) is 0 Å². The molecule has 4 nitrogen and oxygen atoms in total. The molecule has 0 atom stereocenters. The van der Waals surface area contributed by atoms with E-state index in [-0.39, 0.29) is 17.7 Å². The summed E-state index contributed by atoms with van der Waals surface area (Å²) in [7, 11) is 0. The number of aromatic nitrogens is 1. The minimum Gasteiger partial charge on any atom is -0.318 e. The molecule has 0 radical (unpaired) electrons.